The molecule has 0 spiro atoms. The minimum Gasteiger partial charge on any atom is -0.214 e. The maximum absolute atomic E-state index is 12.9. The quantitative estimate of drug-likeness (QED) is 0.391. The highest BCUT2D eigenvalue weighted by molar-refractivity contribution is 9.10. The lowest BCUT2D eigenvalue weighted by atomic mass is 10.2. The summed E-state index contributed by atoms with van der Waals surface area (Å²) >= 11 is 6.82. The van der Waals surface area contributed by atoms with Crippen LogP contribution in [-0.2, 0) is 0 Å². The van der Waals surface area contributed by atoms with Crippen molar-refractivity contribution in [2.24, 2.45) is 0 Å². The molecule has 0 N–H and O–H groups in total. The first kappa shape index (κ1) is 13.3. The van der Waals surface area contributed by atoms with Gasteiger partial charge in [-0.3, -0.25) is 0 Å². The van der Waals surface area contributed by atoms with E-state index in [9.17, 15) is 13.2 Å². The third-order valence-electron chi connectivity index (χ3n) is 1.43. The summed E-state index contributed by atoms with van der Waals surface area (Å²) in [5, 5.41) is -3.14. The van der Waals surface area contributed by atoms with E-state index in [2.05, 4.69) is 0 Å². The van der Waals surface area contributed by atoms with Gasteiger partial charge in [-0.25, -0.2) is 4.39 Å². The standard InChI is InChI=1S/C8H11BrClF3/c1-2-3-4-5-6-7(10,11)8(9,12)13/h5-6H,2-4H2,1H3. The van der Waals surface area contributed by atoms with Gasteiger partial charge in [0.2, 0.25) is 0 Å². The highest BCUT2D eigenvalue weighted by Crippen LogP contribution is 2.42. The van der Waals surface area contributed by atoms with Crippen LogP contribution in [0.3, 0.4) is 0 Å². The Balaban J connectivity index is 4.09. The Bertz CT molecular complexity index is 175. The summed E-state index contributed by atoms with van der Waals surface area (Å²) in [6, 6.07) is 0. The van der Waals surface area contributed by atoms with Gasteiger partial charge in [0, 0.05) is 0 Å². The van der Waals surface area contributed by atoms with Crippen molar-refractivity contribution in [3.05, 3.63) is 12.2 Å². The average Bonchev–Trinajstić information content (AvgIpc) is 1.96. The number of allylic oxidation sites excluding steroid dienone is 2. The van der Waals surface area contributed by atoms with Gasteiger partial charge in [0.15, 0.2) is 0 Å². The van der Waals surface area contributed by atoms with Crippen LogP contribution in [0.25, 0.3) is 0 Å². The molecule has 13 heavy (non-hydrogen) atoms. The van der Waals surface area contributed by atoms with Gasteiger partial charge >= 0.3 is 4.83 Å². The molecule has 0 bridgehead atoms. The number of hydrogen-bond acceptors (Lipinski definition) is 0. The Kier molecular flexibility index (Phi) is 5.37. The van der Waals surface area contributed by atoms with E-state index < -0.39 is 9.96 Å². The van der Waals surface area contributed by atoms with Crippen molar-refractivity contribution in [1.29, 1.82) is 0 Å². The fourth-order valence-corrected chi connectivity index (χ4v) is 0.869. The summed E-state index contributed by atoms with van der Waals surface area (Å²) in [4.78, 5) is -3.73. The van der Waals surface area contributed by atoms with Crippen molar-refractivity contribution in [1.82, 2.24) is 0 Å². The summed E-state index contributed by atoms with van der Waals surface area (Å²) < 4.78 is 37.6. The van der Waals surface area contributed by atoms with E-state index in [1.807, 2.05) is 22.9 Å². The Morgan fingerprint density at radius 1 is 1.38 bits per heavy atom. The summed E-state index contributed by atoms with van der Waals surface area (Å²) in [5.74, 6) is 0. The number of halogens is 5. The molecule has 0 aromatic carbocycles. The Labute approximate surface area is 89.3 Å². The summed E-state index contributed by atoms with van der Waals surface area (Å²) in [6.45, 7) is 1.95. The van der Waals surface area contributed by atoms with Gasteiger partial charge in [0.05, 0.1) is 0 Å². The van der Waals surface area contributed by atoms with Gasteiger partial charge in [0.1, 0.15) is 0 Å². The van der Waals surface area contributed by atoms with Gasteiger partial charge in [-0.1, -0.05) is 37.4 Å². The van der Waals surface area contributed by atoms with E-state index in [1.165, 1.54) is 6.08 Å². The van der Waals surface area contributed by atoms with Crippen LogP contribution >= 0.6 is 27.5 Å². The topological polar surface area (TPSA) is 0 Å². The van der Waals surface area contributed by atoms with Crippen molar-refractivity contribution in [3.8, 4) is 0 Å². The Morgan fingerprint density at radius 2 is 1.92 bits per heavy atom. The van der Waals surface area contributed by atoms with E-state index in [1.54, 1.807) is 0 Å². The average molecular weight is 280 g/mol. The van der Waals surface area contributed by atoms with Gasteiger partial charge in [-0.15, -0.1) is 0 Å². The van der Waals surface area contributed by atoms with Crippen LogP contribution in [0.1, 0.15) is 26.2 Å². The largest absolute Gasteiger partial charge is 0.352 e. The maximum Gasteiger partial charge on any atom is 0.352 e. The first-order valence-corrected chi connectivity index (χ1v) is 5.10. The highest BCUT2D eigenvalue weighted by atomic mass is 79.9. The monoisotopic (exact) mass is 278 g/mol. The maximum atomic E-state index is 12.9. The third-order valence-corrected chi connectivity index (χ3v) is 2.60. The van der Waals surface area contributed by atoms with E-state index in [4.69, 9.17) is 11.6 Å². The first-order valence-electron chi connectivity index (χ1n) is 3.93. The van der Waals surface area contributed by atoms with Crippen LogP contribution in [0.15, 0.2) is 12.2 Å². The van der Waals surface area contributed by atoms with Crippen LogP contribution in [0.5, 0.6) is 0 Å². The molecule has 0 saturated carbocycles. The minimum absolute atomic E-state index is 0.554. The van der Waals surface area contributed by atoms with Crippen molar-refractivity contribution in [2.45, 2.75) is 36.1 Å². The normalized spacial score (nSPS) is 17.7. The number of rotatable bonds is 5. The van der Waals surface area contributed by atoms with Crippen molar-refractivity contribution in [2.75, 3.05) is 0 Å². The molecule has 0 aliphatic heterocycles. The van der Waals surface area contributed by atoms with Gasteiger partial charge < -0.3 is 0 Å². The molecule has 1 unspecified atom stereocenters. The zero-order chi connectivity index (χ0) is 10.5. The molecule has 0 aliphatic carbocycles. The molecule has 0 aliphatic rings. The van der Waals surface area contributed by atoms with Gasteiger partial charge in [0.25, 0.3) is 5.13 Å². The van der Waals surface area contributed by atoms with Crippen LogP contribution in [0.2, 0.25) is 0 Å². The Hall–Kier alpha value is 0.300. The molecule has 0 aromatic heterocycles. The van der Waals surface area contributed by atoms with Crippen LogP contribution in [-0.4, -0.2) is 9.96 Å². The summed E-state index contributed by atoms with van der Waals surface area (Å²) in [6.07, 6.45) is 4.32. The predicted octanol–water partition coefficient (Wildman–Crippen LogP) is 4.63. The molecule has 0 amide bonds. The lowest BCUT2D eigenvalue weighted by molar-refractivity contribution is 0.0217. The molecular formula is C8H11BrClF3. The van der Waals surface area contributed by atoms with Crippen LogP contribution in [0, 0.1) is 0 Å². The fourth-order valence-electron chi connectivity index (χ4n) is 0.648. The van der Waals surface area contributed by atoms with E-state index in [0.717, 1.165) is 12.8 Å². The predicted molar refractivity (Wildman–Crippen MR) is 52.2 cm³/mol. The fraction of sp³-hybridized carbons (Fsp3) is 0.750. The van der Waals surface area contributed by atoms with Crippen LogP contribution < -0.4 is 0 Å². The minimum atomic E-state index is -3.73. The molecule has 78 valence electrons. The SMILES string of the molecule is CCCCC=CC(F)(Cl)C(F)(F)Br. The first-order chi connectivity index (χ1) is 5.81. The van der Waals surface area contributed by atoms with Crippen molar-refractivity contribution < 1.29 is 13.2 Å². The Morgan fingerprint density at radius 3 is 2.31 bits per heavy atom. The van der Waals surface area contributed by atoms with Gasteiger partial charge in [-0.05, 0) is 28.4 Å². The number of unbranched alkanes of at least 4 members (excludes halogenated alkanes) is 2. The van der Waals surface area contributed by atoms with Crippen molar-refractivity contribution >= 4 is 27.5 Å². The van der Waals surface area contributed by atoms with Crippen molar-refractivity contribution in [3.63, 3.8) is 0 Å². The number of hydrogen-bond donors (Lipinski definition) is 0. The molecular weight excluding hydrogens is 268 g/mol. The molecule has 0 rings (SSSR count). The van der Waals surface area contributed by atoms with Crippen LogP contribution in [0.4, 0.5) is 13.2 Å². The highest BCUT2D eigenvalue weighted by Gasteiger charge is 2.49. The van der Waals surface area contributed by atoms with E-state index >= 15 is 0 Å². The smallest absolute Gasteiger partial charge is 0.214 e. The molecule has 0 fully saturated rings. The number of alkyl halides is 5. The summed E-state index contributed by atoms with van der Waals surface area (Å²) in [5.41, 5.74) is 0. The molecule has 0 saturated heterocycles. The molecule has 0 radical (unpaired) electrons. The lowest BCUT2D eigenvalue weighted by Gasteiger charge is -2.18. The third kappa shape index (κ3) is 4.91. The van der Waals surface area contributed by atoms with E-state index in [-0.39, 0.29) is 0 Å². The molecule has 1 atom stereocenters. The summed E-state index contributed by atoms with van der Waals surface area (Å²) in [7, 11) is 0. The molecule has 5 heteroatoms. The second kappa shape index (κ2) is 5.25. The zero-order valence-corrected chi connectivity index (χ0v) is 9.51. The molecule has 0 nitrogen and oxygen atoms in total. The lowest BCUT2D eigenvalue weighted by Crippen LogP contribution is -2.31. The second-order valence-electron chi connectivity index (χ2n) is 2.67. The zero-order valence-electron chi connectivity index (χ0n) is 7.17. The van der Waals surface area contributed by atoms with E-state index in [0.29, 0.717) is 12.5 Å². The van der Waals surface area contributed by atoms with Gasteiger partial charge in [-0.2, -0.15) is 8.78 Å². The molecule has 0 heterocycles. The molecule has 0 aromatic rings. The second-order valence-corrected chi connectivity index (χ2v) is 4.21.